The molecule has 0 atom stereocenters. The summed E-state index contributed by atoms with van der Waals surface area (Å²) in [6, 6.07) is 92.7. The van der Waals surface area contributed by atoms with Gasteiger partial charge in [0.25, 0.3) is 0 Å². The molecule has 0 fully saturated rings. The summed E-state index contributed by atoms with van der Waals surface area (Å²) < 4.78 is 27.7. The number of hydrogen-bond donors (Lipinski definition) is 0. The smallest absolute Gasteiger partial charge is 0.0548 e. The Balaban J connectivity index is 0.743. The van der Waals surface area contributed by atoms with Gasteiger partial charge in [-0.05, 0) is 154 Å². The van der Waals surface area contributed by atoms with E-state index < -0.39 is 9.07 Å². The fourth-order valence-corrected chi connectivity index (χ4v) is 21.2. The van der Waals surface area contributed by atoms with E-state index in [1.165, 1.54) is 84.0 Å². The highest BCUT2D eigenvalue weighted by Crippen LogP contribution is 2.71. The first-order valence-electron chi connectivity index (χ1n) is 26.5. The van der Waals surface area contributed by atoms with Gasteiger partial charge in [-0.3, -0.25) is 4.21 Å². The van der Waals surface area contributed by atoms with Gasteiger partial charge >= 0.3 is 0 Å². The number of nitrogens with zero attached hydrogens (tertiary/aromatic N) is 2. The van der Waals surface area contributed by atoms with Gasteiger partial charge in [0.05, 0.1) is 22.1 Å². The molecule has 12 aromatic carbocycles. The molecular weight excluding hydrogens is 1010 g/mol. The van der Waals surface area contributed by atoms with Crippen molar-refractivity contribution in [3.63, 3.8) is 0 Å². The lowest BCUT2D eigenvalue weighted by atomic mass is 9.99. The van der Waals surface area contributed by atoms with Crippen LogP contribution in [0.1, 0.15) is 0 Å². The van der Waals surface area contributed by atoms with E-state index >= 15 is 4.21 Å². The summed E-state index contributed by atoms with van der Waals surface area (Å²) >= 11 is 3.73. The lowest BCUT2D eigenvalue weighted by Gasteiger charge is -2.38. The average molecular weight is 1050 g/mol. The van der Waals surface area contributed by atoms with Gasteiger partial charge in [-0.15, -0.1) is 22.7 Å². The molecule has 0 radical (unpaired) electrons. The molecule has 1 spiro atoms. The van der Waals surface area contributed by atoms with Gasteiger partial charge in [-0.1, -0.05) is 146 Å². The minimum absolute atomic E-state index is 0.883. The van der Waals surface area contributed by atoms with Crippen molar-refractivity contribution in [1.82, 2.24) is 9.13 Å². The number of fused-ring (bicyclic) bond motifs is 22. The summed E-state index contributed by atoms with van der Waals surface area (Å²) in [4.78, 5) is 3.54. The highest BCUT2D eigenvalue weighted by Gasteiger charge is 2.57. The normalized spacial score (nSPS) is 14.5. The van der Waals surface area contributed by atoms with Crippen molar-refractivity contribution in [2.24, 2.45) is 0 Å². The molecule has 0 saturated heterocycles. The Hall–Kier alpha value is -9.17. The number of para-hydroxylation sites is 2. The van der Waals surface area contributed by atoms with Gasteiger partial charge in [-0.25, -0.2) is 0 Å². The van der Waals surface area contributed by atoms with Crippen molar-refractivity contribution in [1.29, 1.82) is 0 Å². The fourth-order valence-electron chi connectivity index (χ4n) is 13.8. The fraction of sp³-hybridized carbons (Fsp3) is 0. The van der Waals surface area contributed by atoms with Crippen LogP contribution in [0.25, 0.3) is 140 Å². The molecule has 2 aliphatic heterocycles. The van der Waals surface area contributed by atoms with Crippen LogP contribution in [-0.2, 0) is 9.07 Å². The van der Waals surface area contributed by atoms with Crippen LogP contribution < -0.4 is 0 Å². The second-order valence-electron chi connectivity index (χ2n) is 21.1. The van der Waals surface area contributed by atoms with Gasteiger partial charge in [0.1, 0.15) is 0 Å². The van der Waals surface area contributed by atoms with Gasteiger partial charge in [0.2, 0.25) is 0 Å². The maximum Gasteiger partial charge on any atom is 0.0548 e. The number of benzene rings is 12. The van der Waals surface area contributed by atoms with Crippen LogP contribution in [0, 0.1) is 0 Å². The van der Waals surface area contributed by atoms with Crippen LogP contribution >= 0.6 is 22.7 Å². The number of thiophene rings is 2. The van der Waals surface area contributed by atoms with Crippen molar-refractivity contribution in [3.8, 4) is 55.9 Å². The zero-order valence-corrected chi connectivity index (χ0v) is 44.2. The molecule has 2 aliphatic rings. The summed E-state index contributed by atoms with van der Waals surface area (Å²) in [5.41, 5.74) is 15.5. The van der Waals surface area contributed by atoms with E-state index in [1.807, 2.05) is 22.7 Å². The molecule has 18 rings (SSSR count). The van der Waals surface area contributed by atoms with E-state index in [0.29, 0.717) is 0 Å². The summed E-state index contributed by atoms with van der Waals surface area (Å²) in [5, 5.41) is 10.2. The number of aromatic nitrogens is 2. The highest BCUT2D eigenvalue weighted by molar-refractivity contribution is 8.21. The van der Waals surface area contributed by atoms with Gasteiger partial charge < -0.3 is 9.13 Å². The summed E-state index contributed by atoms with van der Waals surface area (Å²) in [6.07, 6.45) is 0. The third kappa shape index (κ3) is 5.44. The van der Waals surface area contributed by atoms with Crippen LogP contribution in [-0.4, -0.2) is 13.3 Å². The van der Waals surface area contributed by atoms with E-state index in [2.05, 4.69) is 264 Å². The maximum absolute atomic E-state index is 17.6. The summed E-state index contributed by atoms with van der Waals surface area (Å²) in [5.74, 6) is 0. The molecule has 0 saturated carbocycles. The first kappa shape index (κ1) is 43.0. The first-order chi connectivity index (χ1) is 38.5. The van der Waals surface area contributed by atoms with E-state index in [-0.39, 0.29) is 0 Å². The molecular formula is C72H42N2OS3. The Kier molecular flexibility index (Phi) is 8.42. The molecule has 6 heteroatoms. The van der Waals surface area contributed by atoms with Crippen LogP contribution in [0.2, 0.25) is 0 Å². The lowest BCUT2D eigenvalue weighted by molar-refractivity contribution is 0.658. The summed E-state index contributed by atoms with van der Waals surface area (Å²) in [6.45, 7) is 0. The first-order valence-corrected chi connectivity index (χ1v) is 30.1. The average Bonchev–Trinajstić information content (AvgIpc) is 4.40. The van der Waals surface area contributed by atoms with E-state index in [9.17, 15) is 0 Å². The third-order valence-electron chi connectivity index (χ3n) is 17.3. The van der Waals surface area contributed by atoms with Crippen LogP contribution in [0.5, 0.6) is 0 Å². The largest absolute Gasteiger partial charge is 0.309 e. The van der Waals surface area contributed by atoms with Crippen molar-refractivity contribution >= 4 is 116 Å². The van der Waals surface area contributed by atoms with Crippen LogP contribution in [0.15, 0.2) is 274 Å². The molecule has 0 amide bonds. The topological polar surface area (TPSA) is 26.9 Å². The van der Waals surface area contributed by atoms with Crippen molar-refractivity contribution < 1.29 is 4.21 Å². The Morgan fingerprint density at radius 1 is 0.256 bits per heavy atom. The van der Waals surface area contributed by atoms with Crippen LogP contribution in [0.3, 0.4) is 0 Å². The quantitative estimate of drug-likeness (QED) is 0.173. The predicted octanol–water partition coefficient (Wildman–Crippen LogP) is 20.3. The lowest BCUT2D eigenvalue weighted by Crippen LogP contribution is -2.30. The predicted molar refractivity (Wildman–Crippen MR) is 330 cm³/mol. The Morgan fingerprint density at radius 2 is 0.628 bits per heavy atom. The molecule has 364 valence electrons. The minimum atomic E-state index is -4.07. The van der Waals surface area contributed by atoms with Crippen LogP contribution in [0.4, 0.5) is 0 Å². The zero-order chi connectivity index (χ0) is 51.0. The molecule has 0 aliphatic carbocycles. The van der Waals surface area contributed by atoms with Crippen molar-refractivity contribution in [2.75, 3.05) is 0 Å². The van der Waals surface area contributed by atoms with Gasteiger partial charge in [0.15, 0.2) is 0 Å². The number of hydrogen-bond acceptors (Lipinski definition) is 3. The highest BCUT2D eigenvalue weighted by atomic mass is 32.3. The molecule has 6 heterocycles. The molecule has 3 nitrogen and oxygen atoms in total. The third-order valence-corrected chi connectivity index (χ3v) is 24.3. The summed E-state index contributed by atoms with van der Waals surface area (Å²) in [7, 11) is -4.07. The Bertz CT molecular complexity index is 5060. The molecule has 78 heavy (non-hydrogen) atoms. The van der Waals surface area contributed by atoms with Crippen molar-refractivity contribution in [2.45, 2.75) is 19.6 Å². The monoisotopic (exact) mass is 1050 g/mol. The SMILES string of the molecule is O=S12(c3ccccc3-c3cc(-c4ccc(-n5c6ccccc6c6cc7sc8ccccc8c7cc65)cc4)ccc31)c1ccccc1-c1cc(-c3ccc(-n4c5ccccc5c5cc6sc7ccccc7c6cc54)cc3)ccc12. The van der Waals surface area contributed by atoms with Gasteiger partial charge in [0, 0.05) is 102 Å². The minimum Gasteiger partial charge on any atom is -0.309 e. The Morgan fingerprint density at radius 3 is 1.09 bits per heavy atom. The standard InChI is InChI=1S/C72H42N2OS3/c75-78(69-23-11-5-17-53(69)59-37-45(29-35-71(59)78)43-25-31-47(32-26-43)73-61-19-7-1-13-49(61)55-41-67-57(39-63(55)73)51-15-3-9-21-65(51)76-67)70-24-12-6-18-54(70)60-38-46(30-36-72(60)78)44-27-33-48(34-28-44)74-62-20-8-2-14-50(62)56-42-68-58(40-64(56)74)52-16-4-10-22-66(52)77-68/h1-42H. The molecule has 0 N–H and O–H groups in total. The van der Waals surface area contributed by atoms with E-state index in [1.54, 1.807) is 0 Å². The van der Waals surface area contributed by atoms with Crippen molar-refractivity contribution in [3.05, 3.63) is 255 Å². The zero-order valence-electron chi connectivity index (χ0n) is 41.8. The molecule has 0 unspecified atom stereocenters. The Labute approximate surface area is 456 Å². The second kappa shape index (κ2) is 15.3. The van der Waals surface area contributed by atoms with E-state index in [0.717, 1.165) is 75.5 Å². The molecule has 4 aromatic heterocycles. The maximum atomic E-state index is 17.6. The van der Waals surface area contributed by atoms with E-state index in [4.69, 9.17) is 0 Å². The second-order valence-corrected chi connectivity index (χ2v) is 26.9. The molecule has 16 aromatic rings. The van der Waals surface area contributed by atoms with Gasteiger partial charge in [-0.2, -0.15) is 0 Å². The number of rotatable bonds is 4. The molecule has 0 bridgehead atoms.